The summed E-state index contributed by atoms with van der Waals surface area (Å²) in [5.41, 5.74) is 2.69. The third-order valence-electron chi connectivity index (χ3n) is 5.48. The number of nitrogens with zero attached hydrogens (tertiary/aromatic N) is 2. The quantitative estimate of drug-likeness (QED) is 0.628. The number of nitrogens with one attached hydrogen (secondary N) is 2. The molecule has 0 saturated carbocycles. The molecule has 1 aromatic heterocycles. The summed E-state index contributed by atoms with van der Waals surface area (Å²) in [5.74, 6) is 0.505. The van der Waals surface area contributed by atoms with E-state index in [1.165, 1.54) is 0 Å². The number of ether oxygens (including phenoxy) is 1. The van der Waals surface area contributed by atoms with Gasteiger partial charge in [-0.1, -0.05) is 32.0 Å². The van der Waals surface area contributed by atoms with Crippen LogP contribution in [0.2, 0.25) is 0 Å². The van der Waals surface area contributed by atoms with Crippen LogP contribution in [-0.2, 0) is 11.3 Å². The Kier molecular flexibility index (Phi) is 8.24. The van der Waals surface area contributed by atoms with E-state index in [0.717, 1.165) is 79.5 Å². The Balaban J connectivity index is 1.72. The molecule has 164 valence electrons. The number of aryl methyl sites for hydroxylation is 1. The molecule has 2 heterocycles. The van der Waals surface area contributed by atoms with Crippen LogP contribution in [-0.4, -0.2) is 65.8 Å². The summed E-state index contributed by atoms with van der Waals surface area (Å²) in [6, 6.07) is 8.08. The Bertz CT molecular complexity index is 906. The van der Waals surface area contributed by atoms with Gasteiger partial charge in [0.1, 0.15) is 0 Å². The van der Waals surface area contributed by atoms with Gasteiger partial charge in [0, 0.05) is 38.3 Å². The molecule has 2 aromatic rings. The minimum atomic E-state index is -0.0401. The third-order valence-corrected chi connectivity index (χ3v) is 5.88. The predicted molar refractivity (Wildman–Crippen MR) is 127 cm³/mol. The number of hydrogen-bond acceptors (Lipinski definition) is 4. The van der Waals surface area contributed by atoms with Crippen LogP contribution in [0.25, 0.3) is 10.9 Å². The smallest absolute Gasteiger partial charge is 0.253 e. The number of hydrogen-bond donors (Lipinski definition) is 2. The molecule has 1 fully saturated rings. The maximum absolute atomic E-state index is 12.8. The highest BCUT2D eigenvalue weighted by molar-refractivity contribution is 7.80. The molecule has 0 bridgehead atoms. The summed E-state index contributed by atoms with van der Waals surface area (Å²) in [7, 11) is 0. The molecular weight excluding hydrogens is 396 g/mol. The fraction of sp³-hybridized carbons (Fsp3) is 0.565. The monoisotopic (exact) mass is 430 g/mol. The van der Waals surface area contributed by atoms with Crippen molar-refractivity contribution in [2.75, 3.05) is 45.9 Å². The van der Waals surface area contributed by atoms with Gasteiger partial charge in [-0.2, -0.15) is 0 Å². The first-order chi connectivity index (χ1) is 14.4. The molecular formula is C23H34N4O2S. The van der Waals surface area contributed by atoms with Crippen LogP contribution in [0, 0.1) is 12.8 Å². The van der Waals surface area contributed by atoms with Gasteiger partial charge in [-0.05, 0) is 48.5 Å². The molecule has 0 unspecified atom stereocenters. The minimum Gasteiger partial charge on any atom is -0.379 e. The summed E-state index contributed by atoms with van der Waals surface area (Å²) in [6.45, 7) is 13.1. The molecule has 1 aliphatic rings. The number of para-hydroxylation sites is 1. The second kappa shape index (κ2) is 10.9. The first-order valence-electron chi connectivity index (χ1n) is 10.9. The van der Waals surface area contributed by atoms with Gasteiger partial charge in [0.25, 0.3) is 5.56 Å². The molecule has 1 aliphatic heterocycles. The molecule has 0 amide bonds. The van der Waals surface area contributed by atoms with Gasteiger partial charge in [0.2, 0.25) is 0 Å². The minimum absolute atomic E-state index is 0.0401. The van der Waals surface area contributed by atoms with Crippen molar-refractivity contribution in [3.63, 3.8) is 0 Å². The van der Waals surface area contributed by atoms with Crippen molar-refractivity contribution in [2.45, 2.75) is 33.7 Å². The van der Waals surface area contributed by atoms with Gasteiger partial charge >= 0.3 is 0 Å². The molecule has 1 aromatic carbocycles. The number of benzene rings is 1. The van der Waals surface area contributed by atoms with E-state index in [1.54, 1.807) is 0 Å². The first-order valence-corrected chi connectivity index (χ1v) is 11.3. The van der Waals surface area contributed by atoms with Crippen molar-refractivity contribution in [3.05, 3.63) is 45.7 Å². The van der Waals surface area contributed by atoms with E-state index in [0.29, 0.717) is 12.5 Å². The Hall–Kier alpha value is -1.96. The lowest BCUT2D eigenvalue weighted by molar-refractivity contribution is 0.0367. The topological polar surface area (TPSA) is 60.6 Å². The SMILES string of the molecule is Cc1cccc2cc(CN(CCCN3CCOCC3)C(=S)NCC(C)C)c(=O)[nH]c12. The number of fused-ring (bicyclic) bond motifs is 1. The number of rotatable bonds is 8. The van der Waals surface area contributed by atoms with Crippen molar-refractivity contribution >= 4 is 28.2 Å². The fourth-order valence-corrected chi connectivity index (χ4v) is 3.96. The van der Waals surface area contributed by atoms with Crippen LogP contribution in [0.3, 0.4) is 0 Å². The summed E-state index contributed by atoms with van der Waals surface area (Å²) in [4.78, 5) is 20.4. The highest BCUT2D eigenvalue weighted by Gasteiger charge is 2.16. The Morgan fingerprint density at radius 1 is 1.33 bits per heavy atom. The van der Waals surface area contributed by atoms with Gasteiger partial charge in [0.05, 0.1) is 25.3 Å². The zero-order chi connectivity index (χ0) is 21.5. The largest absolute Gasteiger partial charge is 0.379 e. The van der Waals surface area contributed by atoms with Gasteiger partial charge in [0.15, 0.2) is 5.11 Å². The molecule has 0 radical (unpaired) electrons. The maximum atomic E-state index is 12.8. The van der Waals surface area contributed by atoms with Crippen LogP contribution >= 0.6 is 12.2 Å². The van der Waals surface area contributed by atoms with Crippen molar-refractivity contribution in [1.82, 2.24) is 20.1 Å². The zero-order valence-corrected chi connectivity index (χ0v) is 19.2. The van der Waals surface area contributed by atoms with Gasteiger partial charge < -0.3 is 19.9 Å². The highest BCUT2D eigenvalue weighted by atomic mass is 32.1. The summed E-state index contributed by atoms with van der Waals surface area (Å²) in [5, 5.41) is 5.14. The second-order valence-corrected chi connectivity index (χ2v) is 8.86. The van der Waals surface area contributed by atoms with Crippen molar-refractivity contribution in [2.24, 2.45) is 5.92 Å². The van der Waals surface area contributed by atoms with E-state index >= 15 is 0 Å². The summed E-state index contributed by atoms with van der Waals surface area (Å²) >= 11 is 5.69. The van der Waals surface area contributed by atoms with E-state index in [4.69, 9.17) is 17.0 Å². The number of thiocarbonyl (C=S) groups is 1. The molecule has 7 heteroatoms. The van der Waals surface area contributed by atoms with E-state index in [9.17, 15) is 4.79 Å². The van der Waals surface area contributed by atoms with E-state index in [1.807, 2.05) is 31.2 Å². The molecule has 1 saturated heterocycles. The van der Waals surface area contributed by atoms with Crippen LogP contribution < -0.4 is 10.9 Å². The van der Waals surface area contributed by atoms with Gasteiger partial charge in [-0.3, -0.25) is 9.69 Å². The lowest BCUT2D eigenvalue weighted by atomic mass is 10.1. The predicted octanol–water partition coefficient (Wildman–Crippen LogP) is 2.89. The van der Waals surface area contributed by atoms with Crippen molar-refractivity contribution in [1.29, 1.82) is 0 Å². The van der Waals surface area contributed by atoms with Crippen LogP contribution in [0.1, 0.15) is 31.4 Å². The first kappa shape index (κ1) is 22.7. The molecule has 30 heavy (non-hydrogen) atoms. The Labute approximate surface area is 184 Å². The molecule has 0 aliphatic carbocycles. The Morgan fingerprint density at radius 2 is 2.10 bits per heavy atom. The molecule has 0 spiro atoms. The molecule has 3 rings (SSSR count). The number of H-pyrrole nitrogens is 1. The fourth-order valence-electron chi connectivity index (χ4n) is 3.72. The summed E-state index contributed by atoms with van der Waals surface area (Å²) < 4.78 is 5.43. The van der Waals surface area contributed by atoms with E-state index < -0.39 is 0 Å². The second-order valence-electron chi connectivity index (χ2n) is 8.47. The van der Waals surface area contributed by atoms with Crippen molar-refractivity contribution in [3.8, 4) is 0 Å². The lowest BCUT2D eigenvalue weighted by Gasteiger charge is -2.30. The van der Waals surface area contributed by atoms with Crippen LogP contribution in [0.5, 0.6) is 0 Å². The normalized spacial score (nSPS) is 14.9. The van der Waals surface area contributed by atoms with E-state index in [2.05, 4.69) is 33.9 Å². The average molecular weight is 431 g/mol. The third kappa shape index (κ3) is 6.27. The lowest BCUT2D eigenvalue weighted by Crippen LogP contribution is -2.43. The summed E-state index contributed by atoms with van der Waals surface area (Å²) in [6.07, 6.45) is 0.994. The van der Waals surface area contributed by atoms with E-state index in [-0.39, 0.29) is 5.56 Å². The number of morpholine rings is 1. The zero-order valence-electron chi connectivity index (χ0n) is 18.4. The molecule has 2 N–H and O–H groups in total. The Morgan fingerprint density at radius 3 is 2.83 bits per heavy atom. The van der Waals surface area contributed by atoms with Gasteiger partial charge in [-0.25, -0.2) is 0 Å². The van der Waals surface area contributed by atoms with Crippen LogP contribution in [0.4, 0.5) is 0 Å². The molecule has 6 nitrogen and oxygen atoms in total. The maximum Gasteiger partial charge on any atom is 0.253 e. The van der Waals surface area contributed by atoms with Crippen molar-refractivity contribution < 1.29 is 4.74 Å². The standard InChI is InChI=1S/C23H34N4O2S/c1-17(2)15-24-23(30)27(9-5-8-26-10-12-29-13-11-26)16-20-14-19-7-4-6-18(3)21(19)25-22(20)28/h4,6-7,14,17H,5,8-13,15-16H2,1-3H3,(H,24,30)(H,25,28). The molecule has 0 atom stereocenters. The average Bonchev–Trinajstić information content (AvgIpc) is 2.73. The number of aromatic amines is 1. The van der Waals surface area contributed by atoms with Crippen LogP contribution in [0.15, 0.2) is 29.1 Å². The number of pyridine rings is 1. The highest BCUT2D eigenvalue weighted by Crippen LogP contribution is 2.16. The van der Waals surface area contributed by atoms with Gasteiger partial charge in [-0.15, -0.1) is 0 Å². The number of aromatic nitrogens is 1.